The van der Waals surface area contributed by atoms with E-state index in [2.05, 4.69) is 39.8 Å². The topological polar surface area (TPSA) is 374 Å². The molecule has 2 aliphatic heterocycles. The summed E-state index contributed by atoms with van der Waals surface area (Å²) in [7, 11) is -5.70. The molecule has 1 aliphatic carbocycles. The smallest absolute Gasteiger partial charge is 0.463 e. The Morgan fingerprint density at radius 3 is 1.24 bits per heavy atom. The van der Waals surface area contributed by atoms with Crippen LogP contribution in [0.1, 0.15) is 285 Å². The summed E-state index contributed by atoms with van der Waals surface area (Å²) in [4.78, 5) is 51.0. The van der Waals surface area contributed by atoms with Crippen molar-refractivity contribution in [2.24, 2.45) is 5.92 Å². The van der Waals surface area contributed by atoms with E-state index in [0.717, 1.165) is 96.3 Å². The van der Waals surface area contributed by atoms with E-state index in [4.69, 9.17) is 42.2 Å². The molecule has 0 aromatic rings. The van der Waals surface area contributed by atoms with Crippen LogP contribution in [-0.4, -0.2) is 204 Å². The molecule has 96 heavy (non-hydrogen) atoms. The lowest BCUT2D eigenvalue weighted by molar-refractivity contribution is -0.360. The predicted octanol–water partition coefficient (Wildman–Crippen LogP) is 9.82. The molecule has 19 unspecified atom stereocenters. The van der Waals surface area contributed by atoms with E-state index in [-0.39, 0.29) is 19.3 Å². The summed E-state index contributed by atoms with van der Waals surface area (Å²) >= 11 is 0. The quantitative estimate of drug-likeness (QED) is 0.00886. The SMILES string of the molecule is CCCCCCCC/C=C\CCCCCC(=O)OCC(COP(=O)(O)OC1C(OC2OC(CO)C(O)C(O)C2O)C(O)C(O)C(O)C1OC1OC(COC(=O)CCCCCCCCCCCCCC)C(O)C(O)C1O)OC(=O)CCCCCCCCC(C)CCCCCCCC. The average molecular weight is 1400 g/mol. The van der Waals surface area contributed by atoms with Crippen LogP contribution < -0.4 is 0 Å². The van der Waals surface area contributed by atoms with Crippen molar-refractivity contribution >= 4 is 25.7 Å². The zero-order valence-corrected chi connectivity index (χ0v) is 59.7. The second-order valence-corrected chi connectivity index (χ2v) is 28.7. The molecule has 11 N–H and O–H groups in total. The molecule has 0 spiro atoms. The Morgan fingerprint density at radius 1 is 0.427 bits per heavy atom. The van der Waals surface area contributed by atoms with Gasteiger partial charge in [-0.15, -0.1) is 0 Å². The van der Waals surface area contributed by atoms with Crippen LogP contribution in [0.25, 0.3) is 0 Å². The molecule has 0 aromatic heterocycles. The third kappa shape index (κ3) is 36.0. The highest BCUT2D eigenvalue weighted by atomic mass is 31.2. The lowest BCUT2D eigenvalue weighted by atomic mass is 9.84. The standard InChI is InChI=1S/C71H131O24P/c1-5-8-11-14-17-19-21-23-25-27-28-34-39-44-55(73)87-48-52(90-57(75)46-41-36-31-30-33-38-43-51(4)42-37-32-16-13-10-7-3)49-89-96(85,86)95-69-67(93-70-65(83)60(78)58(76)53(47-72)91-70)63(81)62(80)64(82)68(69)94-71-66(84)61(79)59(77)54(92-71)50-88-56(74)45-40-35-29-26-24-22-20-18-15-12-9-6-2/h23,25,51-54,58-72,76-84H,5-22,24,26-50H2,1-4H3,(H,85,86)/b25-23-. The second kappa shape index (κ2) is 52.6. The van der Waals surface area contributed by atoms with Crippen LogP contribution in [0.15, 0.2) is 12.2 Å². The van der Waals surface area contributed by atoms with E-state index in [9.17, 15) is 74.9 Å². The van der Waals surface area contributed by atoms with Gasteiger partial charge in [0.1, 0.15) is 98.7 Å². The van der Waals surface area contributed by atoms with Crippen LogP contribution in [0, 0.1) is 5.92 Å². The van der Waals surface area contributed by atoms with Crippen molar-refractivity contribution in [1.82, 2.24) is 0 Å². The van der Waals surface area contributed by atoms with Crippen LogP contribution in [0.3, 0.4) is 0 Å². The zero-order chi connectivity index (χ0) is 70.5. The van der Waals surface area contributed by atoms with Gasteiger partial charge in [-0.2, -0.15) is 0 Å². The molecular weight excluding hydrogens is 1270 g/mol. The van der Waals surface area contributed by atoms with E-state index in [1.54, 1.807) is 0 Å². The van der Waals surface area contributed by atoms with E-state index < -0.39 is 156 Å². The minimum Gasteiger partial charge on any atom is -0.463 e. The van der Waals surface area contributed by atoms with Gasteiger partial charge in [-0.3, -0.25) is 23.4 Å². The maximum absolute atomic E-state index is 14.3. The number of aliphatic hydroxyl groups is 10. The molecule has 564 valence electrons. The van der Waals surface area contributed by atoms with Crippen molar-refractivity contribution in [3.05, 3.63) is 12.2 Å². The normalized spacial score (nSPS) is 28.3. The molecule has 0 radical (unpaired) electrons. The minimum atomic E-state index is -5.70. The Kier molecular flexibility index (Phi) is 48.2. The van der Waals surface area contributed by atoms with E-state index in [1.165, 1.54) is 122 Å². The van der Waals surface area contributed by atoms with Crippen LogP contribution in [0.2, 0.25) is 0 Å². The van der Waals surface area contributed by atoms with Crippen LogP contribution >= 0.6 is 7.82 Å². The molecule has 2 heterocycles. The van der Waals surface area contributed by atoms with Gasteiger partial charge in [0.25, 0.3) is 0 Å². The number of phosphoric ester groups is 1. The monoisotopic (exact) mass is 1400 g/mol. The summed E-state index contributed by atoms with van der Waals surface area (Å²) < 4.78 is 65.0. The molecule has 3 aliphatic rings. The number of carbonyl (C=O) groups excluding carboxylic acids is 3. The third-order valence-electron chi connectivity index (χ3n) is 18.7. The van der Waals surface area contributed by atoms with Gasteiger partial charge in [0, 0.05) is 19.3 Å². The highest BCUT2D eigenvalue weighted by Crippen LogP contribution is 2.49. The van der Waals surface area contributed by atoms with Gasteiger partial charge in [0.05, 0.1) is 13.2 Å². The van der Waals surface area contributed by atoms with Crippen molar-refractivity contribution in [1.29, 1.82) is 0 Å². The Balaban J connectivity index is 1.76. The van der Waals surface area contributed by atoms with Gasteiger partial charge in [-0.1, -0.05) is 232 Å². The summed E-state index contributed by atoms with van der Waals surface area (Å²) in [5, 5.41) is 110. The molecule has 1 saturated carbocycles. The van der Waals surface area contributed by atoms with Crippen molar-refractivity contribution in [2.45, 2.75) is 389 Å². The number of rotatable bonds is 57. The van der Waals surface area contributed by atoms with Gasteiger partial charge in [0.2, 0.25) is 0 Å². The third-order valence-corrected chi connectivity index (χ3v) is 19.7. The van der Waals surface area contributed by atoms with Crippen molar-refractivity contribution in [3.63, 3.8) is 0 Å². The highest BCUT2D eigenvalue weighted by molar-refractivity contribution is 7.47. The van der Waals surface area contributed by atoms with Gasteiger partial charge in [-0.25, -0.2) is 4.57 Å². The highest BCUT2D eigenvalue weighted by Gasteiger charge is 2.58. The number of phosphoric acid groups is 1. The number of aliphatic hydroxyl groups excluding tert-OH is 10. The molecule has 0 aromatic carbocycles. The van der Waals surface area contributed by atoms with Crippen LogP contribution in [0.4, 0.5) is 0 Å². The summed E-state index contributed by atoms with van der Waals surface area (Å²) in [5.41, 5.74) is 0. The molecule has 3 fully saturated rings. The van der Waals surface area contributed by atoms with Crippen LogP contribution in [-0.2, 0) is 61.2 Å². The predicted molar refractivity (Wildman–Crippen MR) is 361 cm³/mol. The maximum atomic E-state index is 14.3. The Hall–Kier alpha value is -2.30. The van der Waals surface area contributed by atoms with E-state index in [0.29, 0.717) is 25.2 Å². The molecule has 3 rings (SSSR count). The Bertz CT molecular complexity index is 2060. The Labute approximate surface area is 573 Å². The summed E-state index contributed by atoms with van der Waals surface area (Å²) in [5.74, 6) is -1.32. The largest absolute Gasteiger partial charge is 0.472 e. The first-order chi connectivity index (χ1) is 46.2. The van der Waals surface area contributed by atoms with Crippen molar-refractivity contribution in [3.8, 4) is 0 Å². The van der Waals surface area contributed by atoms with Gasteiger partial charge >= 0.3 is 25.7 Å². The number of hydrogen-bond acceptors (Lipinski definition) is 23. The van der Waals surface area contributed by atoms with E-state index in [1.807, 2.05) is 0 Å². The number of esters is 3. The first-order valence-corrected chi connectivity index (χ1v) is 38.9. The number of unbranched alkanes of at least 4 members (excludes halogenated alkanes) is 30. The first kappa shape index (κ1) is 87.9. The van der Waals surface area contributed by atoms with E-state index >= 15 is 0 Å². The fourth-order valence-electron chi connectivity index (χ4n) is 12.5. The average Bonchev–Trinajstić information content (AvgIpc) is 0.768. The summed E-state index contributed by atoms with van der Waals surface area (Å²) in [6.07, 6.45) is 8.70. The maximum Gasteiger partial charge on any atom is 0.472 e. The first-order valence-electron chi connectivity index (χ1n) is 37.4. The van der Waals surface area contributed by atoms with Gasteiger partial charge < -0.3 is 89.1 Å². The fourth-order valence-corrected chi connectivity index (χ4v) is 13.4. The molecule has 0 amide bonds. The molecule has 0 bridgehead atoms. The van der Waals surface area contributed by atoms with Crippen LogP contribution in [0.5, 0.6) is 0 Å². The molecule has 19 atom stereocenters. The number of allylic oxidation sites excluding steroid dienone is 2. The second-order valence-electron chi connectivity index (χ2n) is 27.3. The fraction of sp³-hybridized carbons (Fsp3) is 0.930. The number of carbonyl (C=O) groups is 3. The molecule has 2 saturated heterocycles. The molecular formula is C71H131O24P. The Morgan fingerprint density at radius 2 is 0.792 bits per heavy atom. The lowest BCUT2D eigenvalue weighted by Gasteiger charge is -2.49. The summed E-state index contributed by atoms with van der Waals surface area (Å²) in [6.45, 7) is 5.73. The van der Waals surface area contributed by atoms with Gasteiger partial charge in [-0.05, 0) is 50.9 Å². The van der Waals surface area contributed by atoms with Crippen molar-refractivity contribution in [2.75, 3.05) is 26.4 Å². The van der Waals surface area contributed by atoms with Crippen molar-refractivity contribution < 1.29 is 117 Å². The van der Waals surface area contributed by atoms with Gasteiger partial charge in [0.15, 0.2) is 18.7 Å². The number of ether oxygens (including phenoxy) is 7. The number of hydrogen-bond donors (Lipinski definition) is 11. The zero-order valence-electron chi connectivity index (χ0n) is 58.8. The molecule has 24 nitrogen and oxygen atoms in total. The summed E-state index contributed by atoms with van der Waals surface area (Å²) in [6, 6.07) is 0. The minimum absolute atomic E-state index is 0.0266. The molecule has 25 heteroatoms. The lowest BCUT2D eigenvalue weighted by Crippen LogP contribution is -2.69.